The molecule has 0 saturated carbocycles. The van der Waals surface area contributed by atoms with Gasteiger partial charge < -0.3 is 0 Å². The molecule has 1 saturated heterocycles. The van der Waals surface area contributed by atoms with Gasteiger partial charge in [-0.25, -0.2) is 0 Å². The molecule has 1 atom stereocenters. The Hall–Kier alpha value is -0.252. The second kappa shape index (κ2) is 6.62. The summed E-state index contributed by atoms with van der Waals surface area (Å²) in [4.78, 5) is 13.6. The van der Waals surface area contributed by atoms with Crippen molar-refractivity contribution >= 4 is 39.0 Å². The zero-order chi connectivity index (χ0) is 12.1. The van der Waals surface area contributed by atoms with Gasteiger partial charge >= 0.3 is 116 Å². The van der Waals surface area contributed by atoms with Crippen LogP contribution in [0.4, 0.5) is 5.82 Å². The van der Waals surface area contributed by atoms with Crippen molar-refractivity contribution < 1.29 is 0 Å². The van der Waals surface area contributed by atoms with E-state index in [4.69, 9.17) is 0 Å². The number of hydrogen-bond donors (Lipinski definition) is 0. The summed E-state index contributed by atoms with van der Waals surface area (Å²) in [5, 5.41) is 0. The minimum absolute atomic E-state index is 0.916. The van der Waals surface area contributed by atoms with Crippen molar-refractivity contribution in [2.75, 3.05) is 49.6 Å². The van der Waals surface area contributed by atoms with Crippen LogP contribution in [0.3, 0.4) is 0 Å². The second-order valence-corrected chi connectivity index (χ2v) is 6.16. The average molecular weight is 314 g/mol. The predicted octanol–water partition coefficient (Wildman–Crippen LogP) is -0.780. The summed E-state index contributed by atoms with van der Waals surface area (Å²) in [6.07, 6.45) is 4.03. The summed E-state index contributed by atoms with van der Waals surface area (Å²) in [6, 6.07) is 2.01. The monoisotopic (exact) mass is 314 g/mol. The summed E-state index contributed by atoms with van der Waals surface area (Å²) in [7, 11) is 0. The van der Waals surface area contributed by atoms with E-state index in [9.17, 15) is 0 Å². The fourth-order valence-corrected chi connectivity index (χ4v) is 2.86. The van der Waals surface area contributed by atoms with E-state index in [1.54, 1.807) is 0 Å². The Morgan fingerprint density at radius 3 is 2.76 bits per heavy atom. The maximum atomic E-state index is 4.50. The molecule has 1 fully saturated rings. The molecule has 1 unspecified atom stereocenters. The Balaban J connectivity index is 1.86. The zero-order valence-electron chi connectivity index (χ0n) is 10.2. The first-order valence-electron chi connectivity index (χ1n) is 5.84. The zero-order valence-corrected chi connectivity index (χ0v) is 13.4. The van der Waals surface area contributed by atoms with Crippen LogP contribution >= 0.6 is 11.8 Å². The van der Waals surface area contributed by atoms with Crippen molar-refractivity contribution in [2.45, 2.75) is 0 Å². The number of hydrogen-bond acceptors (Lipinski definition) is 5. The van der Waals surface area contributed by atoms with Crippen LogP contribution in [-0.4, -0.2) is 76.5 Å². The molecule has 0 radical (unpaired) electrons. The van der Waals surface area contributed by atoms with Crippen molar-refractivity contribution in [3.05, 3.63) is 12.3 Å². The van der Waals surface area contributed by atoms with E-state index in [-0.39, 0.29) is 0 Å². The van der Waals surface area contributed by atoms with Gasteiger partial charge in [0.2, 0.25) is 0 Å². The molecule has 0 aliphatic carbocycles. The molecular formula is C11H19AsN4S. The fourth-order valence-electron chi connectivity index (χ4n) is 1.96. The van der Waals surface area contributed by atoms with Crippen LogP contribution in [-0.2, 0) is 0 Å². The maximum absolute atomic E-state index is 4.50. The van der Waals surface area contributed by atoms with Crippen molar-refractivity contribution in [3.63, 3.8) is 0 Å². The summed E-state index contributed by atoms with van der Waals surface area (Å²) < 4.78 is 0.916. The normalized spacial score (nSPS) is 17.4. The quantitative estimate of drug-likeness (QED) is 0.681. The molecule has 0 N–H and O–H groups in total. The van der Waals surface area contributed by atoms with Crippen LogP contribution in [0, 0.1) is 0 Å². The molecule has 2 rings (SSSR count). The Morgan fingerprint density at radius 1 is 1.35 bits per heavy atom. The molecule has 2 heterocycles. The average Bonchev–Trinajstić information content (AvgIpc) is 2.37. The van der Waals surface area contributed by atoms with Crippen LogP contribution in [0.5, 0.6) is 0 Å². The minimum atomic E-state index is 0.916. The summed E-state index contributed by atoms with van der Waals surface area (Å²) in [5.74, 6) is 2.32. The summed E-state index contributed by atoms with van der Waals surface area (Å²) in [6.45, 7) is 5.67. The van der Waals surface area contributed by atoms with E-state index in [2.05, 4.69) is 26.0 Å². The van der Waals surface area contributed by atoms with Gasteiger partial charge in [0.25, 0.3) is 0 Å². The first-order chi connectivity index (χ1) is 8.29. The van der Waals surface area contributed by atoms with Crippen LogP contribution in [0.15, 0.2) is 12.3 Å². The van der Waals surface area contributed by atoms with Crippen LogP contribution in [0.1, 0.15) is 0 Å². The molecule has 6 heteroatoms. The number of rotatable bonds is 4. The van der Waals surface area contributed by atoms with E-state index in [0.717, 1.165) is 36.6 Å². The third-order valence-electron chi connectivity index (χ3n) is 2.97. The number of nitrogens with zero attached hydrogens (tertiary/aromatic N) is 4. The SMILES string of the molecule is CSCCN1CCN(c2ccnc([AsH2])n2)CC1. The third-order valence-corrected chi connectivity index (χ3v) is 4.14. The molecule has 0 spiro atoms. The molecule has 0 aromatic carbocycles. The van der Waals surface area contributed by atoms with Gasteiger partial charge in [-0.1, -0.05) is 0 Å². The van der Waals surface area contributed by atoms with Gasteiger partial charge in [0, 0.05) is 0 Å². The van der Waals surface area contributed by atoms with Gasteiger partial charge in [-0.15, -0.1) is 0 Å². The predicted molar refractivity (Wildman–Crippen MR) is 77.2 cm³/mol. The molecule has 1 aliphatic rings. The molecule has 1 aliphatic heterocycles. The molecule has 94 valence electrons. The summed E-state index contributed by atoms with van der Waals surface area (Å²) >= 11 is 3.41. The van der Waals surface area contributed by atoms with Gasteiger partial charge in [0.05, 0.1) is 0 Å². The first-order valence-corrected chi connectivity index (χ1v) is 8.45. The topological polar surface area (TPSA) is 32.3 Å². The molecule has 17 heavy (non-hydrogen) atoms. The molecular weight excluding hydrogens is 295 g/mol. The third kappa shape index (κ3) is 3.87. The Kier molecular flexibility index (Phi) is 5.13. The Bertz CT molecular complexity index is 355. The number of piperazine rings is 1. The molecule has 1 aromatic heterocycles. The van der Waals surface area contributed by atoms with Gasteiger partial charge in [-0.3, -0.25) is 0 Å². The first kappa shape index (κ1) is 13.2. The second-order valence-electron chi connectivity index (χ2n) is 4.09. The van der Waals surface area contributed by atoms with Crippen molar-refractivity contribution in [2.24, 2.45) is 0 Å². The van der Waals surface area contributed by atoms with Crippen molar-refractivity contribution in [1.29, 1.82) is 0 Å². The Labute approximate surface area is 116 Å². The summed E-state index contributed by atoms with van der Waals surface area (Å²) in [5.41, 5.74) is 0. The van der Waals surface area contributed by atoms with Crippen molar-refractivity contribution in [1.82, 2.24) is 14.9 Å². The van der Waals surface area contributed by atoms with E-state index >= 15 is 0 Å². The van der Waals surface area contributed by atoms with Crippen LogP contribution in [0.25, 0.3) is 0 Å². The Morgan fingerprint density at radius 2 is 2.12 bits per heavy atom. The number of anilines is 1. The van der Waals surface area contributed by atoms with Gasteiger partial charge in [0.1, 0.15) is 0 Å². The molecule has 0 amide bonds. The molecule has 1 aromatic rings. The van der Waals surface area contributed by atoms with Gasteiger partial charge in [0.15, 0.2) is 0 Å². The molecule has 0 bridgehead atoms. The van der Waals surface area contributed by atoms with E-state index in [0.29, 0.717) is 0 Å². The van der Waals surface area contributed by atoms with E-state index < -0.39 is 0 Å². The van der Waals surface area contributed by atoms with E-state index in [1.165, 1.54) is 29.2 Å². The van der Waals surface area contributed by atoms with Crippen LogP contribution < -0.4 is 9.51 Å². The number of thioether (sulfide) groups is 1. The van der Waals surface area contributed by atoms with Crippen LogP contribution in [0.2, 0.25) is 0 Å². The fraction of sp³-hybridized carbons (Fsp3) is 0.636. The van der Waals surface area contributed by atoms with E-state index in [1.807, 2.05) is 24.0 Å². The van der Waals surface area contributed by atoms with Gasteiger partial charge in [-0.05, 0) is 0 Å². The standard InChI is InChI=1S/C11H19AsN4S/c1-17-9-8-15-4-6-16(7-5-15)10-2-3-13-11(12)14-10/h2-3H,4-9,12H2,1H3. The number of aromatic nitrogens is 2. The molecule has 4 nitrogen and oxygen atoms in total. The van der Waals surface area contributed by atoms with Gasteiger partial charge in [-0.2, -0.15) is 0 Å². The van der Waals surface area contributed by atoms with Crippen molar-refractivity contribution in [3.8, 4) is 0 Å².